The number of piperazine rings is 1. The topological polar surface area (TPSA) is 66.5 Å². The van der Waals surface area contributed by atoms with Crippen molar-refractivity contribution < 1.29 is 13.2 Å². The summed E-state index contributed by atoms with van der Waals surface area (Å²) in [6.45, 7) is 0.556. The van der Waals surface area contributed by atoms with Gasteiger partial charge in [-0.3, -0.25) is 4.79 Å². The molecule has 1 N–H and O–H groups in total. The molecule has 1 amide bonds. The van der Waals surface area contributed by atoms with Crippen LogP contribution in [0.1, 0.15) is 17.2 Å². The highest BCUT2D eigenvalue weighted by Crippen LogP contribution is 2.28. The highest BCUT2D eigenvalue weighted by Gasteiger charge is 2.38. The molecular formula is C18H19ClN2O3S. The van der Waals surface area contributed by atoms with Crippen LogP contribution in [0.2, 0.25) is 5.02 Å². The number of nitrogens with one attached hydrogen (secondary N) is 1. The molecule has 1 atom stereocenters. The van der Waals surface area contributed by atoms with Crippen LogP contribution in [0.3, 0.4) is 0 Å². The molecule has 1 unspecified atom stereocenters. The van der Waals surface area contributed by atoms with Crippen LogP contribution in [0.4, 0.5) is 0 Å². The molecule has 1 heterocycles. The highest BCUT2D eigenvalue weighted by molar-refractivity contribution is 7.89. The molecule has 25 heavy (non-hydrogen) atoms. The van der Waals surface area contributed by atoms with Crippen LogP contribution in [0.25, 0.3) is 0 Å². The molecule has 132 valence electrons. The van der Waals surface area contributed by atoms with E-state index in [0.717, 1.165) is 5.56 Å². The molecule has 1 aliphatic heterocycles. The number of aryl methyl sites for hydroxylation is 1. The van der Waals surface area contributed by atoms with Crippen LogP contribution in [0.5, 0.6) is 0 Å². The number of hydrogen-bond donors (Lipinski definition) is 1. The number of hydrogen-bond acceptors (Lipinski definition) is 3. The minimum Gasteiger partial charge on any atom is -0.353 e. The van der Waals surface area contributed by atoms with Crippen LogP contribution >= 0.6 is 11.6 Å². The van der Waals surface area contributed by atoms with E-state index in [1.54, 1.807) is 24.3 Å². The second-order valence-electron chi connectivity index (χ2n) is 5.91. The van der Waals surface area contributed by atoms with Gasteiger partial charge in [-0.1, -0.05) is 54.1 Å². The summed E-state index contributed by atoms with van der Waals surface area (Å²) in [4.78, 5) is 12.4. The number of carbonyl (C=O) groups excluding carboxylic acids is 1. The Bertz CT molecular complexity index is 856. The van der Waals surface area contributed by atoms with Crippen LogP contribution < -0.4 is 5.32 Å². The van der Waals surface area contributed by atoms with E-state index in [2.05, 4.69) is 5.32 Å². The third kappa shape index (κ3) is 4.21. The van der Waals surface area contributed by atoms with Crippen molar-refractivity contribution in [3.8, 4) is 0 Å². The van der Waals surface area contributed by atoms with E-state index in [1.807, 2.05) is 30.3 Å². The van der Waals surface area contributed by atoms with Gasteiger partial charge >= 0.3 is 0 Å². The Hall–Kier alpha value is -1.89. The van der Waals surface area contributed by atoms with Crippen molar-refractivity contribution in [1.82, 2.24) is 9.62 Å². The summed E-state index contributed by atoms with van der Waals surface area (Å²) in [5.41, 5.74) is 1.53. The van der Waals surface area contributed by atoms with E-state index in [1.165, 1.54) is 4.31 Å². The first-order chi connectivity index (χ1) is 12.0. The maximum atomic E-state index is 12.9. The molecule has 1 fully saturated rings. The number of carbonyl (C=O) groups is 1. The van der Waals surface area contributed by atoms with E-state index < -0.39 is 16.1 Å². The Labute approximate surface area is 152 Å². The van der Waals surface area contributed by atoms with Crippen LogP contribution in [0, 0.1) is 0 Å². The van der Waals surface area contributed by atoms with Gasteiger partial charge in [0, 0.05) is 18.1 Å². The second kappa shape index (κ2) is 7.56. The fourth-order valence-electron chi connectivity index (χ4n) is 2.95. The summed E-state index contributed by atoms with van der Waals surface area (Å²) in [6.07, 6.45) is 0.406. The standard InChI is InChI=1S/C18H19ClN2O3S/c19-16-8-4-7-15(13-16)17-18(22)20-10-11-21(17)25(23,24)12-9-14-5-2-1-3-6-14/h1-8,13,17H,9-12H2,(H,20,22). The number of rotatable bonds is 5. The van der Waals surface area contributed by atoms with Crippen molar-refractivity contribution in [2.75, 3.05) is 18.8 Å². The summed E-state index contributed by atoms with van der Waals surface area (Å²) in [7, 11) is -3.60. The number of sulfonamides is 1. The Morgan fingerprint density at radius 2 is 1.88 bits per heavy atom. The zero-order valence-corrected chi connectivity index (χ0v) is 15.1. The van der Waals surface area contributed by atoms with E-state index in [-0.39, 0.29) is 18.2 Å². The molecule has 0 spiro atoms. The highest BCUT2D eigenvalue weighted by atomic mass is 35.5. The van der Waals surface area contributed by atoms with Gasteiger partial charge in [0.1, 0.15) is 6.04 Å². The van der Waals surface area contributed by atoms with Crippen molar-refractivity contribution in [3.05, 3.63) is 70.7 Å². The Balaban J connectivity index is 1.85. The maximum absolute atomic E-state index is 12.9. The van der Waals surface area contributed by atoms with E-state index in [9.17, 15) is 13.2 Å². The molecule has 0 aliphatic carbocycles. The largest absolute Gasteiger partial charge is 0.353 e. The SMILES string of the molecule is O=C1NCCN(S(=O)(=O)CCc2ccccc2)C1c1cccc(Cl)c1. The predicted molar refractivity (Wildman–Crippen MR) is 97.8 cm³/mol. The first-order valence-corrected chi connectivity index (χ1v) is 10.0. The number of nitrogens with zero attached hydrogens (tertiary/aromatic N) is 1. The lowest BCUT2D eigenvalue weighted by Gasteiger charge is -2.34. The normalized spacial score (nSPS) is 18.8. The van der Waals surface area contributed by atoms with Crippen molar-refractivity contribution in [1.29, 1.82) is 0 Å². The van der Waals surface area contributed by atoms with Crippen molar-refractivity contribution in [2.24, 2.45) is 0 Å². The Morgan fingerprint density at radius 3 is 2.60 bits per heavy atom. The first-order valence-electron chi connectivity index (χ1n) is 8.04. The fraction of sp³-hybridized carbons (Fsp3) is 0.278. The summed E-state index contributed by atoms with van der Waals surface area (Å²) in [6, 6.07) is 15.3. The lowest BCUT2D eigenvalue weighted by molar-refractivity contribution is -0.126. The predicted octanol–water partition coefficient (Wildman–Crippen LogP) is 2.39. The smallest absolute Gasteiger partial charge is 0.243 e. The maximum Gasteiger partial charge on any atom is 0.243 e. The number of halogens is 1. The third-order valence-electron chi connectivity index (χ3n) is 4.18. The van der Waals surface area contributed by atoms with Gasteiger partial charge in [0.05, 0.1) is 5.75 Å². The molecule has 0 aromatic heterocycles. The molecule has 1 saturated heterocycles. The molecule has 0 saturated carbocycles. The number of benzene rings is 2. The molecule has 0 bridgehead atoms. The molecule has 1 aliphatic rings. The molecule has 7 heteroatoms. The van der Waals surface area contributed by atoms with Gasteiger partial charge in [-0.25, -0.2) is 8.42 Å². The minimum absolute atomic E-state index is 0.0403. The molecule has 2 aromatic carbocycles. The van der Waals surface area contributed by atoms with Crippen molar-refractivity contribution in [3.63, 3.8) is 0 Å². The Kier molecular flexibility index (Phi) is 5.42. The lowest BCUT2D eigenvalue weighted by Crippen LogP contribution is -2.52. The summed E-state index contributed by atoms with van der Waals surface area (Å²) in [5, 5.41) is 3.21. The fourth-order valence-corrected chi connectivity index (χ4v) is 4.78. The quantitative estimate of drug-likeness (QED) is 0.868. The summed E-state index contributed by atoms with van der Waals surface area (Å²) in [5.74, 6) is -0.363. The van der Waals surface area contributed by atoms with Gasteiger partial charge < -0.3 is 5.32 Å². The van der Waals surface area contributed by atoms with Crippen LogP contribution in [-0.4, -0.2) is 37.5 Å². The lowest BCUT2D eigenvalue weighted by atomic mass is 10.0. The minimum atomic E-state index is -3.60. The zero-order valence-electron chi connectivity index (χ0n) is 13.6. The van der Waals surface area contributed by atoms with Crippen molar-refractivity contribution >= 4 is 27.5 Å². The zero-order chi connectivity index (χ0) is 17.9. The van der Waals surface area contributed by atoms with Crippen molar-refractivity contribution in [2.45, 2.75) is 12.5 Å². The van der Waals surface area contributed by atoms with E-state index in [0.29, 0.717) is 23.6 Å². The molecule has 3 rings (SSSR count). The van der Waals surface area contributed by atoms with Gasteiger partial charge in [0.2, 0.25) is 15.9 Å². The van der Waals surface area contributed by atoms with Crippen LogP contribution in [-0.2, 0) is 21.2 Å². The van der Waals surface area contributed by atoms with Crippen LogP contribution in [0.15, 0.2) is 54.6 Å². The Morgan fingerprint density at radius 1 is 1.12 bits per heavy atom. The van der Waals surface area contributed by atoms with Gasteiger partial charge in [0.25, 0.3) is 0 Å². The monoisotopic (exact) mass is 378 g/mol. The molecule has 2 aromatic rings. The molecular weight excluding hydrogens is 360 g/mol. The van der Waals surface area contributed by atoms with E-state index in [4.69, 9.17) is 11.6 Å². The summed E-state index contributed by atoms with van der Waals surface area (Å²) < 4.78 is 27.1. The van der Waals surface area contributed by atoms with E-state index >= 15 is 0 Å². The third-order valence-corrected chi connectivity index (χ3v) is 6.24. The second-order valence-corrected chi connectivity index (χ2v) is 8.39. The molecule has 0 radical (unpaired) electrons. The number of amides is 1. The molecule has 5 nitrogen and oxygen atoms in total. The average molecular weight is 379 g/mol. The van der Waals surface area contributed by atoms with Gasteiger partial charge in [0.15, 0.2) is 0 Å². The van der Waals surface area contributed by atoms with Gasteiger partial charge in [-0.15, -0.1) is 0 Å². The summed E-state index contributed by atoms with van der Waals surface area (Å²) >= 11 is 6.02. The van der Waals surface area contributed by atoms with Gasteiger partial charge in [-0.2, -0.15) is 4.31 Å². The average Bonchev–Trinajstić information content (AvgIpc) is 2.61. The first kappa shape index (κ1) is 17.9. The van der Waals surface area contributed by atoms with Gasteiger partial charge in [-0.05, 0) is 29.7 Å².